The summed E-state index contributed by atoms with van der Waals surface area (Å²) >= 11 is 0. The summed E-state index contributed by atoms with van der Waals surface area (Å²) in [6, 6.07) is 5.41. The van der Waals surface area contributed by atoms with Gasteiger partial charge in [0.25, 0.3) is 0 Å². The molecule has 2 rings (SSSR count). The van der Waals surface area contributed by atoms with Crippen LogP contribution in [-0.2, 0) is 0 Å². The molecule has 4 nitrogen and oxygen atoms in total. The first-order valence-corrected chi connectivity index (χ1v) is 4.20. The maximum Gasteiger partial charge on any atom is 0.143 e. The molecule has 0 unspecified atom stereocenters. The highest BCUT2D eigenvalue weighted by Gasteiger charge is 2.17. The lowest BCUT2D eigenvalue weighted by Gasteiger charge is -2.26. The summed E-state index contributed by atoms with van der Waals surface area (Å²) in [6.45, 7) is 0.643. The molecule has 0 bridgehead atoms. The number of hydrogen-bond acceptors (Lipinski definition) is 4. The second kappa shape index (κ2) is 3.14. The van der Waals surface area contributed by atoms with Gasteiger partial charge in [0, 0.05) is 5.69 Å². The molecule has 1 aliphatic heterocycles. The van der Waals surface area contributed by atoms with Crippen molar-refractivity contribution in [3.05, 3.63) is 18.2 Å². The van der Waals surface area contributed by atoms with Crippen molar-refractivity contribution >= 4 is 11.4 Å². The number of benzene rings is 1. The first-order chi connectivity index (χ1) is 6.29. The zero-order chi connectivity index (χ0) is 9.26. The number of aliphatic hydroxyl groups is 1. The van der Waals surface area contributed by atoms with E-state index >= 15 is 0 Å². The maximum atomic E-state index is 8.88. The normalized spacial score (nSPS) is 19.9. The Labute approximate surface area is 76.3 Å². The lowest BCUT2D eigenvalue weighted by Crippen LogP contribution is -2.33. The fraction of sp³-hybridized carbons (Fsp3) is 0.333. The number of rotatable bonds is 1. The Bertz CT molecular complexity index is 314. The number of nitrogens with one attached hydrogen (secondary N) is 1. The minimum absolute atomic E-state index is 0.0246. The van der Waals surface area contributed by atoms with Crippen LogP contribution in [0.2, 0.25) is 0 Å². The van der Waals surface area contributed by atoms with Gasteiger partial charge in [-0.25, -0.2) is 0 Å². The summed E-state index contributed by atoms with van der Waals surface area (Å²) in [6.07, 6.45) is -0.156. The van der Waals surface area contributed by atoms with Crippen molar-refractivity contribution in [2.24, 2.45) is 0 Å². The fourth-order valence-corrected chi connectivity index (χ4v) is 1.34. The van der Waals surface area contributed by atoms with Gasteiger partial charge in [0.1, 0.15) is 11.9 Å². The van der Waals surface area contributed by atoms with E-state index in [2.05, 4.69) is 5.32 Å². The third-order valence-corrected chi connectivity index (χ3v) is 2.02. The van der Waals surface area contributed by atoms with Gasteiger partial charge in [-0.3, -0.25) is 0 Å². The Kier molecular flexibility index (Phi) is 1.98. The number of nitrogen functional groups attached to an aromatic ring is 1. The average molecular weight is 180 g/mol. The SMILES string of the molecule is Nc1ccc2c(c1)NC[C@H](CO)O2. The monoisotopic (exact) mass is 180 g/mol. The first kappa shape index (κ1) is 8.19. The summed E-state index contributed by atoms with van der Waals surface area (Å²) < 4.78 is 5.47. The van der Waals surface area contributed by atoms with Crippen molar-refractivity contribution in [3.63, 3.8) is 0 Å². The molecule has 0 amide bonds. The van der Waals surface area contributed by atoms with Crippen LogP contribution in [0.1, 0.15) is 0 Å². The van der Waals surface area contributed by atoms with E-state index in [-0.39, 0.29) is 12.7 Å². The molecule has 13 heavy (non-hydrogen) atoms. The van der Waals surface area contributed by atoms with Crippen LogP contribution >= 0.6 is 0 Å². The number of anilines is 2. The Balaban J connectivity index is 2.26. The molecule has 0 saturated carbocycles. The number of aliphatic hydroxyl groups excluding tert-OH is 1. The molecule has 70 valence electrons. The molecule has 0 spiro atoms. The van der Waals surface area contributed by atoms with Crippen molar-refractivity contribution in [3.8, 4) is 5.75 Å². The van der Waals surface area contributed by atoms with E-state index in [0.717, 1.165) is 11.4 Å². The maximum absolute atomic E-state index is 8.88. The van der Waals surface area contributed by atoms with Crippen molar-refractivity contribution in [2.75, 3.05) is 24.2 Å². The highest BCUT2D eigenvalue weighted by Crippen LogP contribution is 2.30. The molecule has 1 aromatic rings. The van der Waals surface area contributed by atoms with Crippen LogP contribution in [0.15, 0.2) is 18.2 Å². The average Bonchev–Trinajstić information content (AvgIpc) is 2.17. The minimum Gasteiger partial charge on any atom is -0.484 e. The molecule has 0 radical (unpaired) electrons. The van der Waals surface area contributed by atoms with E-state index in [4.69, 9.17) is 15.6 Å². The highest BCUT2D eigenvalue weighted by molar-refractivity contribution is 5.64. The highest BCUT2D eigenvalue weighted by atomic mass is 16.5. The van der Waals surface area contributed by atoms with Crippen LogP contribution in [0, 0.1) is 0 Å². The van der Waals surface area contributed by atoms with Gasteiger partial charge in [-0.1, -0.05) is 0 Å². The summed E-state index contributed by atoms with van der Waals surface area (Å²) in [4.78, 5) is 0. The molecule has 1 atom stereocenters. The third-order valence-electron chi connectivity index (χ3n) is 2.02. The summed E-state index contributed by atoms with van der Waals surface area (Å²) in [7, 11) is 0. The molecular formula is C9H12N2O2. The molecule has 1 aromatic carbocycles. The van der Waals surface area contributed by atoms with Crippen LogP contribution in [0.25, 0.3) is 0 Å². The summed E-state index contributed by atoms with van der Waals surface area (Å²) in [5.41, 5.74) is 7.20. The number of hydrogen-bond donors (Lipinski definition) is 3. The van der Waals surface area contributed by atoms with E-state index in [0.29, 0.717) is 12.2 Å². The smallest absolute Gasteiger partial charge is 0.143 e. The van der Waals surface area contributed by atoms with Gasteiger partial charge in [0.05, 0.1) is 18.8 Å². The van der Waals surface area contributed by atoms with Crippen molar-refractivity contribution in [1.82, 2.24) is 0 Å². The second-order valence-corrected chi connectivity index (χ2v) is 3.06. The summed E-state index contributed by atoms with van der Waals surface area (Å²) in [5, 5.41) is 12.0. The van der Waals surface area contributed by atoms with Gasteiger partial charge in [-0.15, -0.1) is 0 Å². The molecule has 1 heterocycles. The van der Waals surface area contributed by atoms with Crippen LogP contribution in [0.4, 0.5) is 11.4 Å². The molecule has 0 saturated heterocycles. The van der Waals surface area contributed by atoms with E-state index in [1.54, 1.807) is 12.1 Å². The van der Waals surface area contributed by atoms with Crippen LogP contribution in [0.5, 0.6) is 5.75 Å². The van der Waals surface area contributed by atoms with E-state index in [1.165, 1.54) is 0 Å². The van der Waals surface area contributed by atoms with E-state index in [9.17, 15) is 0 Å². The van der Waals surface area contributed by atoms with Gasteiger partial charge in [-0.2, -0.15) is 0 Å². The minimum atomic E-state index is -0.156. The number of nitrogens with two attached hydrogens (primary N) is 1. The Morgan fingerprint density at radius 1 is 1.62 bits per heavy atom. The van der Waals surface area contributed by atoms with Crippen molar-refractivity contribution in [2.45, 2.75) is 6.10 Å². The van der Waals surface area contributed by atoms with Crippen LogP contribution in [-0.4, -0.2) is 24.4 Å². The third kappa shape index (κ3) is 1.53. The zero-order valence-electron chi connectivity index (χ0n) is 7.16. The largest absolute Gasteiger partial charge is 0.484 e. The van der Waals surface area contributed by atoms with Gasteiger partial charge >= 0.3 is 0 Å². The first-order valence-electron chi connectivity index (χ1n) is 4.20. The Hall–Kier alpha value is -1.42. The van der Waals surface area contributed by atoms with Crippen LogP contribution in [0.3, 0.4) is 0 Å². The zero-order valence-corrected chi connectivity index (χ0v) is 7.16. The Morgan fingerprint density at radius 3 is 3.23 bits per heavy atom. The fourth-order valence-electron chi connectivity index (χ4n) is 1.34. The van der Waals surface area contributed by atoms with Crippen LogP contribution < -0.4 is 15.8 Å². The molecule has 4 N–H and O–H groups in total. The topological polar surface area (TPSA) is 67.5 Å². The molecule has 4 heteroatoms. The lowest BCUT2D eigenvalue weighted by atomic mass is 10.2. The van der Waals surface area contributed by atoms with Gasteiger partial charge in [0.2, 0.25) is 0 Å². The number of ether oxygens (including phenoxy) is 1. The molecule has 0 fully saturated rings. The molecule has 0 aromatic heterocycles. The quantitative estimate of drug-likeness (QED) is 0.548. The molecular weight excluding hydrogens is 168 g/mol. The predicted molar refractivity (Wildman–Crippen MR) is 50.8 cm³/mol. The van der Waals surface area contributed by atoms with Gasteiger partial charge < -0.3 is 20.9 Å². The van der Waals surface area contributed by atoms with E-state index in [1.807, 2.05) is 6.07 Å². The predicted octanol–water partition coefficient (Wildman–Crippen LogP) is 0.434. The van der Waals surface area contributed by atoms with Gasteiger partial charge in [0.15, 0.2) is 0 Å². The molecule has 1 aliphatic rings. The van der Waals surface area contributed by atoms with Gasteiger partial charge in [-0.05, 0) is 18.2 Å². The van der Waals surface area contributed by atoms with Crippen molar-refractivity contribution in [1.29, 1.82) is 0 Å². The molecule has 0 aliphatic carbocycles. The van der Waals surface area contributed by atoms with Crippen molar-refractivity contribution < 1.29 is 9.84 Å². The Morgan fingerprint density at radius 2 is 2.46 bits per heavy atom. The summed E-state index contributed by atoms with van der Waals surface area (Å²) in [5.74, 6) is 0.750. The number of fused-ring (bicyclic) bond motifs is 1. The van der Waals surface area contributed by atoms with E-state index < -0.39 is 0 Å². The second-order valence-electron chi connectivity index (χ2n) is 3.06. The lowest BCUT2D eigenvalue weighted by molar-refractivity contribution is 0.120. The standard InChI is InChI=1S/C9H12N2O2/c10-6-1-2-9-8(3-6)11-4-7(5-12)13-9/h1-3,7,11-12H,4-5,10H2/t7-/m1/s1.